The van der Waals surface area contributed by atoms with Crippen LogP contribution < -0.4 is 0 Å². The number of hydrogen-bond donors (Lipinski definition) is 0. The fraction of sp³-hybridized carbons (Fsp3) is 0.200. The molecule has 0 heterocycles. The lowest BCUT2D eigenvalue weighted by molar-refractivity contribution is 1.12. The third-order valence-corrected chi connectivity index (χ3v) is 3.69. The van der Waals surface area contributed by atoms with Gasteiger partial charge in [-0.1, -0.05) is 51.8 Å². The molecule has 0 radical (unpaired) electrons. The highest BCUT2D eigenvalue weighted by atomic mass is 79.9. The number of hydrogen-bond acceptors (Lipinski definition) is 0. The normalized spacial score (nSPS) is 12.5. The molecular weight excluding hydrogens is 296 g/mol. The molecule has 0 nitrogen and oxygen atoms in total. The molecule has 0 saturated carbocycles. The molecule has 0 spiro atoms. The zero-order valence-corrected chi connectivity index (χ0v) is 12.2. The molecule has 88 valence electrons. The first kappa shape index (κ1) is 12.7. The second-order valence-electron chi connectivity index (χ2n) is 4.34. The maximum Gasteiger partial charge on any atom is 0.0835 e. The molecule has 2 heteroatoms. The molecule has 0 N–H and O–H groups in total. The highest BCUT2D eigenvalue weighted by molar-refractivity contribution is 9.10. The van der Waals surface area contributed by atoms with Crippen molar-refractivity contribution in [2.45, 2.75) is 19.2 Å². The summed E-state index contributed by atoms with van der Waals surface area (Å²) in [6.45, 7) is 4.16. The van der Waals surface area contributed by atoms with E-state index in [1.165, 1.54) is 11.1 Å². The van der Waals surface area contributed by atoms with Crippen LogP contribution >= 0.6 is 27.5 Å². The summed E-state index contributed by atoms with van der Waals surface area (Å²) in [5.74, 6) is 0. The zero-order chi connectivity index (χ0) is 12.4. The van der Waals surface area contributed by atoms with E-state index >= 15 is 0 Å². The van der Waals surface area contributed by atoms with E-state index in [1.54, 1.807) is 0 Å². The topological polar surface area (TPSA) is 0 Å². The first-order valence-corrected chi connectivity index (χ1v) is 6.77. The minimum atomic E-state index is -0.0909. The molecule has 2 rings (SSSR count). The second-order valence-corrected chi connectivity index (χ2v) is 5.69. The Balaban J connectivity index is 2.36. The van der Waals surface area contributed by atoms with Gasteiger partial charge in [-0.3, -0.25) is 0 Å². The SMILES string of the molecule is Cc1ccc(C(Cl)c2cc(C)cc(Br)c2)cc1. The summed E-state index contributed by atoms with van der Waals surface area (Å²) >= 11 is 10.0. The van der Waals surface area contributed by atoms with Crippen molar-refractivity contribution in [3.63, 3.8) is 0 Å². The quantitative estimate of drug-likeness (QED) is 0.652. The van der Waals surface area contributed by atoms with E-state index < -0.39 is 0 Å². The molecule has 17 heavy (non-hydrogen) atoms. The summed E-state index contributed by atoms with van der Waals surface area (Å²) in [6, 6.07) is 14.6. The molecule has 0 bridgehead atoms. The van der Waals surface area contributed by atoms with Gasteiger partial charge in [0.15, 0.2) is 0 Å². The van der Waals surface area contributed by atoms with Crippen LogP contribution in [0.1, 0.15) is 27.6 Å². The Kier molecular flexibility index (Phi) is 3.90. The van der Waals surface area contributed by atoms with Crippen LogP contribution in [0.2, 0.25) is 0 Å². The molecule has 0 fully saturated rings. The van der Waals surface area contributed by atoms with Crippen molar-refractivity contribution in [2.24, 2.45) is 0 Å². The number of halogens is 2. The average molecular weight is 310 g/mol. The van der Waals surface area contributed by atoms with Gasteiger partial charge in [-0.25, -0.2) is 0 Å². The molecule has 0 aromatic heterocycles. The van der Waals surface area contributed by atoms with Crippen molar-refractivity contribution in [1.29, 1.82) is 0 Å². The predicted molar refractivity (Wildman–Crippen MR) is 77.8 cm³/mol. The molecule has 2 aromatic rings. The summed E-state index contributed by atoms with van der Waals surface area (Å²) < 4.78 is 1.07. The van der Waals surface area contributed by atoms with Gasteiger partial charge >= 0.3 is 0 Å². The lowest BCUT2D eigenvalue weighted by Gasteiger charge is -2.12. The van der Waals surface area contributed by atoms with Crippen LogP contribution in [0.3, 0.4) is 0 Å². The van der Waals surface area contributed by atoms with Gasteiger partial charge in [0.2, 0.25) is 0 Å². The lowest BCUT2D eigenvalue weighted by Crippen LogP contribution is -1.94. The summed E-state index contributed by atoms with van der Waals surface area (Å²) in [5, 5.41) is -0.0909. The Morgan fingerprint density at radius 1 is 0.882 bits per heavy atom. The lowest BCUT2D eigenvalue weighted by atomic mass is 10.0. The summed E-state index contributed by atoms with van der Waals surface area (Å²) in [7, 11) is 0. The average Bonchev–Trinajstić information content (AvgIpc) is 2.28. The van der Waals surface area contributed by atoms with Crippen LogP contribution in [0, 0.1) is 13.8 Å². The molecule has 1 atom stereocenters. The fourth-order valence-electron chi connectivity index (χ4n) is 1.84. The first-order chi connectivity index (χ1) is 8.06. The fourth-order valence-corrected chi connectivity index (χ4v) is 2.74. The summed E-state index contributed by atoms with van der Waals surface area (Å²) in [4.78, 5) is 0. The molecule has 0 aliphatic carbocycles. The maximum atomic E-state index is 6.51. The standard InChI is InChI=1S/C15H14BrCl/c1-10-3-5-12(6-4-10)15(17)13-7-11(2)8-14(16)9-13/h3-9,15H,1-2H3. The number of alkyl halides is 1. The van der Waals surface area contributed by atoms with Crippen molar-refractivity contribution in [1.82, 2.24) is 0 Å². The molecule has 0 aliphatic heterocycles. The molecule has 0 aliphatic rings. The monoisotopic (exact) mass is 308 g/mol. The van der Waals surface area contributed by atoms with E-state index in [4.69, 9.17) is 11.6 Å². The number of rotatable bonds is 2. The third kappa shape index (κ3) is 3.11. The predicted octanol–water partition coefficient (Wildman–Crippen LogP) is 5.39. The highest BCUT2D eigenvalue weighted by Gasteiger charge is 2.11. The van der Waals surface area contributed by atoms with E-state index in [0.29, 0.717) is 0 Å². The Hall–Kier alpha value is -0.790. The van der Waals surface area contributed by atoms with Crippen molar-refractivity contribution in [3.05, 3.63) is 69.2 Å². The van der Waals surface area contributed by atoms with Crippen LogP contribution in [-0.4, -0.2) is 0 Å². The maximum absolute atomic E-state index is 6.51. The molecular formula is C15H14BrCl. The van der Waals surface area contributed by atoms with E-state index in [0.717, 1.165) is 15.6 Å². The highest BCUT2D eigenvalue weighted by Crippen LogP contribution is 2.31. The Labute approximate surface area is 116 Å². The Morgan fingerprint density at radius 3 is 2.12 bits per heavy atom. The number of benzene rings is 2. The summed E-state index contributed by atoms with van der Waals surface area (Å²) in [6.07, 6.45) is 0. The third-order valence-electron chi connectivity index (χ3n) is 2.73. The minimum Gasteiger partial charge on any atom is -0.113 e. The van der Waals surface area contributed by atoms with Crippen LogP contribution in [0.4, 0.5) is 0 Å². The van der Waals surface area contributed by atoms with Crippen molar-refractivity contribution < 1.29 is 0 Å². The van der Waals surface area contributed by atoms with Gasteiger partial charge in [-0.05, 0) is 42.7 Å². The van der Waals surface area contributed by atoms with Crippen molar-refractivity contribution in [3.8, 4) is 0 Å². The molecule has 2 aromatic carbocycles. The van der Waals surface area contributed by atoms with Gasteiger partial charge in [0.05, 0.1) is 5.38 Å². The van der Waals surface area contributed by atoms with Crippen LogP contribution in [0.5, 0.6) is 0 Å². The smallest absolute Gasteiger partial charge is 0.0835 e. The Bertz CT molecular complexity index is 497. The first-order valence-electron chi connectivity index (χ1n) is 5.54. The Morgan fingerprint density at radius 2 is 1.53 bits per heavy atom. The zero-order valence-electron chi connectivity index (χ0n) is 9.87. The van der Waals surface area contributed by atoms with E-state index in [1.807, 2.05) is 0 Å². The van der Waals surface area contributed by atoms with E-state index in [-0.39, 0.29) is 5.38 Å². The van der Waals surface area contributed by atoms with Crippen LogP contribution in [-0.2, 0) is 0 Å². The second kappa shape index (κ2) is 5.24. The van der Waals surface area contributed by atoms with Crippen LogP contribution in [0.25, 0.3) is 0 Å². The van der Waals surface area contributed by atoms with Gasteiger partial charge in [-0.2, -0.15) is 0 Å². The molecule has 0 saturated heterocycles. The van der Waals surface area contributed by atoms with Crippen molar-refractivity contribution >= 4 is 27.5 Å². The van der Waals surface area contributed by atoms with Gasteiger partial charge < -0.3 is 0 Å². The van der Waals surface area contributed by atoms with Crippen molar-refractivity contribution in [2.75, 3.05) is 0 Å². The van der Waals surface area contributed by atoms with E-state index in [9.17, 15) is 0 Å². The molecule has 0 amide bonds. The minimum absolute atomic E-state index is 0.0909. The van der Waals surface area contributed by atoms with E-state index in [2.05, 4.69) is 72.2 Å². The van der Waals surface area contributed by atoms with Crippen LogP contribution in [0.15, 0.2) is 46.9 Å². The van der Waals surface area contributed by atoms with Gasteiger partial charge in [0.25, 0.3) is 0 Å². The summed E-state index contributed by atoms with van der Waals surface area (Å²) in [5.41, 5.74) is 4.73. The van der Waals surface area contributed by atoms with Gasteiger partial charge in [0.1, 0.15) is 0 Å². The molecule has 1 unspecified atom stereocenters. The number of aryl methyl sites for hydroxylation is 2. The largest absolute Gasteiger partial charge is 0.113 e. The van der Waals surface area contributed by atoms with Gasteiger partial charge in [-0.15, -0.1) is 11.6 Å². The van der Waals surface area contributed by atoms with Gasteiger partial charge in [0, 0.05) is 4.47 Å².